The Bertz CT molecular complexity index is 1020. The smallest absolute Gasteiger partial charge is 0.223 e. The first kappa shape index (κ1) is 25.8. The first-order chi connectivity index (χ1) is 16.7. The molecule has 192 valence electrons. The lowest BCUT2D eigenvalue weighted by molar-refractivity contribution is -0.193. The van der Waals surface area contributed by atoms with Crippen LogP contribution in [0.1, 0.15) is 37.9 Å². The number of aryl methyl sites for hydroxylation is 1. The summed E-state index contributed by atoms with van der Waals surface area (Å²) < 4.78 is 30.6. The minimum absolute atomic E-state index is 0.140. The molecule has 0 amide bonds. The summed E-state index contributed by atoms with van der Waals surface area (Å²) in [5, 5.41) is 20.7. The van der Waals surface area contributed by atoms with Crippen LogP contribution in [0.2, 0.25) is 0 Å². The lowest BCUT2D eigenvalue weighted by Gasteiger charge is -2.22. The van der Waals surface area contributed by atoms with E-state index in [0.29, 0.717) is 31.9 Å². The Kier molecular flexibility index (Phi) is 8.26. The van der Waals surface area contributed by atoms with Crippen LogP contribution in [0.15, 0.2) is 47.4 Å². The summed E-state index contributed by atoms with van der Waals surface area (Å²) in [6, 6.07) is 11.2. The molecule has 5 unspecified atom stereocenters. The van der Waals surface area contributed by atoms with Crippen molar-refractivity contribution in [1.29, 1.82) is 0 Å². The van der Waals surface area contributed by atoms with Crippen molar-refractivity contribution < 1.29 is 33.9 Å². The van der Waals surface area contributed by atoms with Gasteiger partial charge in [0.15, 0.2) is 17.8 Å². The predicted molar refractivity (Wildman–Crippen MR) is 127 cm³/mol. The molecule has 35 heavy (non-hydrogen) atoms. The van der Waals surface area contributed by atoms with Crippen LogP contribution in [0.3, 0.4) is 0 Å². The van der Waals surface area contributed by atoms with Gasteiger partial charge in [-0.25, -0.2) is 0 Å². The number of aliphatic hydroxyl groups excluding tert-OH is 2. The van der Waals surface area contributed by atoms with Crippen LogP contribution < -0.4 is 10.2 Å². The average molecular weight is 490 g/mol. The number of hydrogen-bond acceptors (Lipinski definition) is 8. The van der Waals surface area contributed by atoms with Crippen molar-refractivity contribution in [2.24, 2.45) is 0 Å². The molecule has 3 heterocycles. The number of pyridine rings is 1. The number of unbranched alkanes of at least 4 members (excludes halogenated alkanes) is 1. The molecule has 2 aromatic rings. The van der Waals surface area contributed by atoms with Crippen molar-refractivity contribution >= 4 is 0 Å². The van der Waals surface area contributed by atoms with E-state index in [1.165, 1.54) is 6.07 Å². The van der Waals surface area contributed by atoms with Crippen LogP contribution in [0.25, 0.3) is 0 Å². The standard InChI is InChI=1S/C26H35NO8/c1-17-23(32-15-18-9-5-4-6-10-18)19(28)11-13-27(17)12-7-8-14-31-25-22(30)21(29)24(34-25)20-16-33-26(2,3)35-20/h4-6,9-11,13,20-22,24-25,29-30H,7-8,12,14-16H2,1-3H3. The topological polar surface area (TPSA) is 109 Å². The molecule has 4 rings (SSSR count). The number of hydrogen-bond donors (Lipinski definition) is 2. The number of benzene rings is 1. The third-order valence-corrected chi connectivity index (χ3v) is 6.34. The van der Waals surface area contributed by atoms with Crippen LogP contribution in [0.4, 0.5) is 0 Å². The Morgan fingerprint density at radius 3 is 2.60 bits per heavy atom. The second kappa shape index (κ2) is 11.2. The minimum atomic E-state index is -1.15. The average Bonchev–Trinajstić information content (AvgIpc) is 3.34. The fourth-order valence-electron chi connectivity index (χ4n) is 4.38. The highest BCUT2D eigenvalue weighted by Gasteiger charge is 2.50. The SMILES string of the molecule is Cc1c(OCc2ccccc2)c(=O)ccn1CCCCOC1OC(C2COC(C)(C)O2)C(O)C1O. The van der Waals surface area contributed by atoms with E-state index in [1.54, 1.807) is 20.0 Å². The Morgan fingerprint density at radius 1 is 1.11 bits per heavy atom. The first-order valence-electron chi connectivity index (χ1n) is 12.1. The van der Waals surface area contributed by atoms with E-state index in [2.05, 4.69) is 0 Å². The van der Waals surface area contributed by atoms with E-state index in [0.717, 1.165) is 17.7 Å². The number of aliphatic hydroxyl groups is 2. The fourth-order valence-corrected chi connectivity index (χ4v) is 4.38. The van der Waals surface area contributed by atoms with Crippen molar-refractivity contribution in [2.45, 2.75) is 83.3 Å². The minimum Gasteiger partial charge on any atom is -0.483 e. The Morgan fingerprint density at radius 2 is 1.89 bits per heavy atom. The summed E-state index contributed by atoms with van der Waals surface area (Å²) in [6.07, 6.45) is -1.11. The number of ether oxygens (including phenoxy) is 5. The number of aromatic nitrogens is 1. The molecule has 9 heteroatoms. The van der Waals surface area contributed by atoms with Crippen molar-refractivity contribution in [3.05, 3.63) is 64.1 Å². The van der Waals surface area contributed by atoms with Crippen LogP contribution in [-0.4, -0.2) is 64.5 Å². The quantitative estimate of drug-likeness (QED) is 0.489. The van der Waals surface area contributed by atoms with Gasteiger partial charge in [0.1, 0.15) is 31.0 Å². The summed E-state index contributed by atoms with van der Waals surface area (Å²) in [7, 11) is 0. The molecule has 0 radical (unpaired) electrons. The van der Waals surface area contributed by atoms with Gasteiger partial charge in [0, 0.05) is 25.4 Å². The van der Waals surface area contributed by atoms with E-state index < -0.39 is 36.5 Å². The van der Waals surface area contributed by atoms with Crippen molar-refractivity contribution in [3.8, 4) is 5.75 Å². The summed E-state index contributed by atoms with van der Waals surface area (Å²) >= 11 is 0. The first-order valence-corrected chi connectivity index (χ1v) is 12.1. The van der Waals surface area contributed by atoms with Gasteiger partial charge in [-0.1, -0.05) is 30.3 Å². The van der Waals surface area contributed by atoms with Gasteiger partial charge in [0.2, 0.25) is 5.43 Å². The summed E-state index contributed by atoms with van der Waals surface area (Å²) in [4.78, 5) is 12.3. The van der Waals surface area contributed by atoms with E-state index in [4.69, 9.17) is 23.7 Å². The number of nitrogens with zero attached hydrogens (tertiary/aromatic N) is 1. The molecule has 5 atom stereocenters. The molecular formula is C26H35NO8. The van der Waals surface area contributed by atoms with Crippen LogP contribution in [0, 0.1) is 6.92 Å². The lowest BCUT2D eigenvalue weighted by Crippen LogP contribution is -2.40. The van der Waals surface area contributed by atoms with Crippen molar-refractivity contribution in [1.82, 2.24) is 4.57 Å². The second-order valence-electron chi connectivity index (χ2n) is 9.46. The summed E-state index contributed by atoms with van der Waals surface area (Å²) in [6.45, 7) is 7.11. The predicted octanol–water partition coefficient (Wildman–Crippen LogP) is 2.13. The largest absolute Gasteiger partial charge is 0.483 e. The maximum Gasteiger partial charge on any atom is 0.223 e. The Hall–Kier alpha value is -2.27. The zero-order valence-corrected chi connectivity index (χ0v) is 20.5. The van der Waals surface area contributed by atoms with Gasteiger partial charge in [0.05, 0.1) is 12.3 Å². The highest BCUT2D eigenvalue weighted by Crippen LogP contribution is 2.32. The van der Waals surface area contributed by atoms with E-state index >= 15 is 0 Å². The van der Waals surface area contributed by atoms with E-state index in [1.807, 2.05) is 41.8 Å². The highest BCUT2D eigenvalue weighted by molar-refractivity contribution is 5.28. The molecule has 9 nitrogen and oxygen atoms in total. The van der Waals surface area contributed by atoms with Crippen LogP contribution in [-0.2, 0) is 32.1 Å². The molecular weight excluding hydrogens is 454 g/mol. The fraction of sp³-hybridized carbons (Fsp3) is 0.577. The molecule has 2 aliphatic heterocycles. The Balaban J connectivity index is 1.23. The third kappa shape index (κ3) is 6.30. The summed E-state index contributed by atoms with van der Waals surface area (Å²) in [5.41, 5.74) is 1.63. The molecule has 1 aromatic heterocycles. The molecule has 1 aromatic carbocycles. The van der Waals surface area contributed by atoms with Gasteiger partial charge in [-0.05, 0) is 39.2 Å². The van der Waals surface area contributed by atoms with Gasteiger partial charge >= 0.3 is 0 Å². The zero-order valence-electron chi connectivity index (χ0n) is 20.5. The van der Waals surface area contributed by atoms with Gasteiger partial charge < -0.3 is 38.5 Å². The Labute approximate surface area is 205 Å². The van der Waals surface area contributed by atoms with Crippen LogP contribution >= 0.6 is 0 Å². The monoisotopic (exact) mass is 489 g/mol. The molecule has 0 bridgehead atoms. The van der Waals surface area contributed by atoms with Gasteiger partial charge in [-0.3, -0.25) is 4.79 Å². The second-order valence-corrected chi connectivity index (χ2v) is 9.46. The maximum atomic E-state index is 12.3. The normalized spacial score (nSPS) is 27.9. The molecule has 2 saturated heterocycles. The highest BCUT2D eigenvalue weighted by atomic mass is 16.8. The molecule has 2 aliphatic rings. The van der Waals surface area contributed by atoms with Gasteiger partial charge in [-0.15, -0.1) is 0 Å². The lowest BCUT2D eigenvalue weighted by atomic mass is 10.1. The zero-order chi connectivity index (χ0) is 25.0. The molecule has 2 N–H and O–H groups in total. The van der Waals surface area contributed by atoms with E-state index in [9.17, 15) is 15.0 Å². The van der Waals surface area contributed by atoms with Crippen molar-refractivity contribution in [2.75, 3.05) is 13.2 Å². The van der Waals surface area contributed by atoms with Crippen LogP contribution in [0.5, 0.6) is 5.75 Å². The van der Waals surface area contributed by atoms with E-state index in [-0.39, 0.29) is 12.0 Å². The van der Waals surface area contributed by atoms with Gasteiger partial charge in [0.25, 0.3) is 0 Å². The molecule has 0 aliphatic carbocycles. The molecule has 0 saturated carbocycles. The van der Waals surface area contributed by atoms with Crippen molar-refractivity contribution in [3.63, 3.8) is 0 Å². The number of rotatable bonds is 10. The summed E-state index contributed by atoms with van der Waals surface area (Å²) in [5.74, 6) is -0.388. The molecule has 0 spiro atoms. The van der Waals surface area contributed by atoms with Gasteiger partial charge in [-0.2, -0.15) is 0 Å². The molecule has 2 fully saturated rings. The maximum absolute atomic E-state index is 12.3. The third-order valence-electron chi connectivity index (χ3n) is 6.34.